The highest BCUT2D eigenvalue weighted by atomic mass is 79.9. The molecule has 53 heavy (non-hydrogen) atoms. The van der Waals surface area contributed by atoms with Crippen LogP contribution < -0.4 is 35.5 Å². The molecular formula is C38H42BrClN8O5. The first-order chi connectivity index (χ1) is 25.8. The number of nitrogens with one attached hydrogen (secondary N) is 4. The lowest BCUT2D eigenvalue weighted by Crippen LogP contribution is -2.35. The Hall–Kier alpha value is -4.37. The number of carbonyl (C=O) groups is 2. The van der Waals surface area contributed by atoms with Crippen molar-refractivity contribution in [3.8, 4) is 40.0 Å². The Morgan fingerprint density at radius 3 is 2.26 bits per heavy atom. The highest BCUT2D eigenvalue weighted by Gasteiger charge is 2.30. The van der Waals surface area contributed by atoms with Crippen LogP contribution in [0, 0.1) is 0 Å². The zero-order chi connectivity index (χ0) is 36.9. The Bertz CT molecular complexity index is 2000. The molecule has 0 unspecified atom stereocenters. The summed E-state index contributed by atoms with van der Waals surface area (Å²) < 4.78 is 18.2. The zero-order valence-corrected chi connectivity index (χ0v) is 32.0. The van der Waals surface area contributed by atoms with Gasteiger partial charge in [0.15, 0.2) is 4.60 Å². The molecule has 15 heteroatoms. The third-order valence-corrected chi connectivity index (χ3v) is 10.8. The maximum absolute atomic E-state index is 11.5. The SMILES string of the molecule is COc1nc(-c2cccc(-c3cccc4c3CC[C@@H]4Oc3nc(OC)c(CNCC[C@@H]4CCC(=O)N4)nc3Br)c2Cl)cnc1CNC[C@@H]1CCC(=O)N1. The molecule has 0 spiro atoms. The van der Waals surface area contributed by atoms with Crippen molar-refractivity contribution in [2.45, 2.75) is 76.2 Å². The summed E-state index contributed by atoms with van der Waals surface area (Å²) in [6, 6.07) is 12.4. The molecule has 2 amide bonds. The van der Waals surface area contributed by atoms with Gasteiger partial charge in [-0.3, -0.25) is 14.6 Å². The van der Waals surface area contributed by atoms with Crippen molar-refractivity contribution in [2.75, 3.05) is 27.3 Å². The van der Waals surface area contributed by atoms with E-state index in [1.807, 2.05) is 24.3 Å². The number of nitrogens with zero attached hydrogens (tertiary/aromatic N) is 4. The number of ether oxygens (including phenoxy) is 3. The molecule has 2 saturated heterocycles. The predicted octanol–water partition coefficient (Wildman–Crippen LogP) is 5.23. The summed E-state index contributed by atoms with van der Waals surface area (Å²) in [6.45, 7) is 2.30. The standard InChI is InChI=1S/C38H42BrClN8O5/c1-51-36-29(18-42-17-22-10-14-33(50)45-22)43-20-28(47-36)27-8-4-7-26(34(27)40)23-5-3-6-25-24(23)11-12-31(25)53-38-35(39)46-30(37(48-38)52-2)19-41-16-15-21-9-13-32(49)44-21/h3-8,20-22,31,41-42H,9-19H2,1-2H3,(H,44,49)(H,45,50)/t21-,22-,31-/m0/s1. The Labute approximate surface area is 321 Å². The van der Waals surface area contributed by atoms with Crippen LogP contribution in [0.3, 0.4) is 0 Å². The van der Waals surface area contributed by atoms with Crippen molar-refractivity contribution >= 4 is 39.3 Å². The van der Waals surface area contributed by atoms with Gasteiger partial charge >= 0.3 is 0 Å². The van der Waals surface area contributed by atoms with Gasteiger partial charge in [-0.25, -0.2) is 9.97 Å². The van der Waals surface area contributed by atoms with Gasteiger partial charge < -0.3 is 35.5 Å². The Morgan fingerprint density at radius 1 is 0.811 bits per heavy atom. The minimum absolute atomic E-state index is 0.0889. The van der Waals surface area contributed by atoms with Crippen LogP contribution in [0.5, 0.6) is 17.6 Å². The highest BCUT2D eigenvalue weighted by molar-refractivity contribution is 9.10. The van der Waals surface area contributed by atoms with Crippen LogP contribution in [-0.4, -0.2) is 71.1 Å². The number of rotatable bonds is 15. The molecule has 2 aliphatic heterocycles. The Kier molecular flexibility index (Phi) is 11.7. The lowest BCUT2D eigenvalue weighted by Gasteiger charge is -2.18. The van der Waals surface area contributed by atoms with Gasteiger partial charge in [0, 0.05) is 55.7 Å². The predicted molar refractivity (Wildman–Crippen MR) is 203 cm³/mol. The minimum Gasteiger partial charge on any atom is -0.480 e. The van der Waals surface area contributed by atoms with Crippen LogP contribution in [0.25, 0.3) is 22.4 Å². The van der Waals surface area contributed by atoms with Gasteiger partial charge in [-0.05, 0) is 71.3 Å². The van der Waals surface area contributed by atoms with E-state index >= 15 is 0 Å². The molecule has 2 aromatic carbocycles. The largest absolute Gasteiger partial charge is 0.480 e. The molecule has 0 bridgehead atoms. The average molecular weight is 806 g/mol. The normalized spacial score (nSPS) is 19.2. The summed E-state index contributed by atoms with van der Waals surface area (Å²) in [6.07, 6.45) is 6.72. The Balaban J connectivity index is 1.04. The number of benzene rings is 2. The van der Waals surface area contributed by atoms with E-state index in [0.29, 0.717) is 76.8 Å². The summed E-state index contributed by atoms with van der Waals surface area (Å²) in [4.78, 5) is 41.8. The molecular weight excluding hydrogens is 764 g/mol. The number of fused-ring (bicyclic) bond motifs is 1. The van der Waals surface area contributed by atoms with Crippen molar-refractivity contribution in [3.63, 3.8) is 0 Å². The second-order valence-electron chi connectivity index (χ2n) is 13.4. The van der Waals surface area contributed by atoms with Crippen molar-refractivity contribution in [1.29, 1.82) is 0 Å². The van der Waals surface area contributed by atoms with Crippen molar-refractivity contribution in [1.82, 2.24) is 41.2 Å². The zero-order valence-electron chi connectivity index (χ0n) is 29.6. The van der Waals surface area contributed by atoms with Gasteiger partial charge in [0.25, 0.3) is 5.88 Å². The quantitative estimate of drug-likeness (QED) is 0.117. The topological polar surface area (TPSA) is 162 Å². The van der Waals surface area contributed by atoms with Crippen LogP contribution in [0.15, 0.2) is 47.2 Å². The van der Waals surface area contributed by atoms with Gasteiger partial charge in [-0.15, -0.1) is 0 Å². The minimum atomic E-state index is -0.242. The number of hydrogen-bond acceptors (Lipinski definition) is 11. The van der Waals surface area contributed by atoms with Gasteiger partial charge in [0.05, 0.1) is 31.1 Å². The average Bonchev–Trinajstić information content (AvgIpc) is 3.90. The fraction of sp³-hybridized carbons (Fsp3) is 0.421. The molecule has 2 aromatic heterocycles. The van der Waals surface area contributed by atoms with E-state index in [2.05, 4.69) is 59.3 Å². The number of carbonyl (C=O) groups excluding carboxylic acids is 2. The summed E-state index contributed by atoms with van der Waals surface area (Å²) in [5, 5.41) is 13.3. The molecule has 4 heterocycles. The van der Waals surface area contributed by atoms with Crippen molar-refractivity contribution < 1.29 is 23.8 Å². The van der Waals surface area contributed by atoms with Crippen molar-refractivity contribution in [2.24, 2.45) is 0 Å². The van der Waals surface area contributed by atoms with E-state index in [-0.39, 0.29) is 30.0 Å². The molecule has 4 aromatic rings. The van der Waals surface area contributed by atoms with E-state index in [9.17, 15) is 9.59 Å². The molecule has 1 aliphatic carbocycles. The molecule has 0 saturated carbocycles. The molecule has 2 fully saturated rings. The molecule has 4 N–H and O–H groups in total. The van der Waals surface area contributed by atoms with Gasteiger partial charge in [0.1, 0.15) is 17.5 Å². The molecule has 7 rings (SSSR count). The third-order valence-electron chi connectivity index (χ3n) is 9.91. The molecule has 13 nitrogen and oxygen atoms in total. The monoisotopic (exact) mass is 804 g/mol. The maximum atomic E-state index is 11.5. The summed E-state index contributed by atoms with van der Waals surface area (Å²) in [7, 11) is 3.15. The number of amides is 2. The first-order valence-electron chi connectivity index (χ1n) is 17.9. The second-order valence-corrected chi connectivity index (χ2v) is 14.5. The first-order valence-corrected chi connectivity index (χ1v) is 19.1. The molecule has 0 radical (unpaired) electrons. The van der Waals surface area contributed by atoms with Crippen LogP contribution in [0.1, 0.15) is 67.1 Å². The number of halogens is 2. The summed E-state index contributed by atoms with van der Waals surface area (Å²) in [5.74, 6) is 1.38. The molecule has 278 valence electrons. The lowest BCUT2D eigenvalue weighted by atomic mass is 9.95. The van der Waals surface area contributed by atoms with E-state index in [0.717, 1.165) is 66.5 Å². The Morgan fingerprint density at radius 2 is 1.51 bits per heavy atom. The lowest BCUT2D eigenvalue weighted by molar-refractivity contribution is -0.120. The summed E-state index contributed by atoms with van der Waals surface area (Å²) >= 11 is 10.7. The van der Waals surface area contributed by atoms with Gasteiger partial charge in [-0.1, -0.05) is 48.0 Å². The van der Waals surface area contributed by atoms with E-state index in [1.54, 1.807) is 20.4 Å². The van der Waals surface area contributed by atoms with E-state index in [1.165, 1.54) is 0 Å². The van der Waals surface area contributed by atoms with Crippen LogP contribution in [0.2, 0.25) is 5.02 Å². The molecule has 3 aliphatic rings. The van der Waals surface area contributed by atoms with Crippen LogP contribution in [-0.2, 0) is 29.1 Å². The van der Waals surface area contributed by atoms with Crippen LogP contribution in [0.4, 0.5) is 0 Å². The molecule has 3 atom stereocenters. The fourth-order valence-corrected chi connectivity index (χ4v) is 7.94. The highest BCUT2D eigenvalue weighted by Crippen LogP contribution is 2.44. The van der Waals surface area contributed by atoms with E-state index in [4.69, 9.17) is 35.8 Å². The third kappa shape index (κ3) is 8.40. The van der Waals surface area contributed by atoms with E-state index < -0.39 is 0 Å². The maximum Gasteiger partial charge on any atom is 0.251 e. The fourth-order valence-electron chi connectivity index (χ4n) is 7.22. The summed E-state index contributed by atoms with van der Waals surface area (Å²) in [5.41, 5.74) is 6.84. The second kappa shape index (κ2) is 16.8. The number of hydrogen-bond donors (Lipinski definition) is 4. The smallest absolute Gasteiger partial charge is 0.251 e. The van der Waals surface area contributed by atoms with Gasteiger partial charge in [0.2, 0.25) is 23.6 Å². The van der Waals surface area contributed by atoms with Crippen LogP contribution >= 0.6 is 27.5 Å². The van der Waals surface area contributed by atoms with Crippen molar-refractivity contribution in [3.05, 3.63) is 74.7 Å². The number of aromatic nitrogens is 4. The number of methoxy groups -OCH3 is 2. The first kappa shape index (κ1) is 37.0. The van der Waals surface area contributed by atoms with Gasteiger partial charge in [-0.2, -0.15) is 4.98 Å².